The van der Waals surface area contributed by atoms with Gasteiger partial charge >= 0.3 is 0 Å². The van der Waals surface area contributed by atoms with Crippen molar-refractivity contribution >= 4 is 23.1 Å². The summed E-state index contributed by atoms with van der Waals surface area (Å²) in [5, 5.41) is 3.47. The zero-order chi connectivity index (χ0) is 12.3. The summed E-state index contributed by atoms with van der Waals surface area (Å²) in [6.07, 6.45) is 1.39. The molecule has 0 aliphatic carbocycles. The lowest BCUT2D eigenvalue weighted by Crippen LogP contribution is -2.10. The number of rotatable bonds is 3. The van der Waals surface area contributed by atoms with Gasteiger partial charge in [-0.1, -0.05) is 41.9 Å². The lowest BCUT2D eigenvalue weighted by Gasteiger charge is -2.16. The molecule has 2 rings (SSSR count). The Morgan fingerprint density at radius 3 is 2.65 bits per heavy atom. The average Bonchev–Trinajstić information content (AvgIpc) is 2.36. The van der Waals surface area contributed by atoms with Crippen LogP contribution in [0.2, 0.25) is 5.15 Å². The molecule has 0 amide bonds. The Kier molecular flexibility index (Phi) is 3.44. The molecule has 1 heterocycles. The first-order valence-electron chi connectivity index (χ1n) is 5.26. The molecule has 0 unspecified atom stereocenters. The summed E-state index contributed by atoms with van der Waals surface area (Å²) in [7, 11) is 0. The molecule has 0 radical (unpaired) electrons. The number of nitrogen functional groups attached to an aromatic ring is 1. The van der Waals surface area contributed by atoms with Crippen molar-refractivity contribution in [2.45, 2.75) is 13.0 Å². The molecule has 1 aromatic carbocycles. The number of benzene rings is 1. The topological polar surface area (TPSA) is 63.8 Å². The molecule has 0 fully saturated rings. The second-order valence-corrected chi connectivity index (χ2v) is 4.06. The van der Waals surface area contributed by atoms with Crippen molar-refractivity contribution in [3.05, 3.63) is 47.4 Å². The summed E-state index contributed by atoms with van der Waals surface area (Å²) in [4.78, 5) is 7.88. The van der Waals surface area contributed by atoms with Gasteiger partial charge in [0.05, 0.1) is 6.04 Å². The summed E-state index contributed by atoms with van der Waals surface area (Å²) >= 11 is 5.83. The minimum Gasteiger partial charge on any atom is -0.393 e. The van der Waals surface area contributed by atoms with Crippen LogP contribution in [0.15, 0.2) is 36.7 Å². The number of aromatic nitrogens is 2. The summed E-state index contributed by atoms with van der Waals surface area (Å²) in [6.45, 7) is 2.03. The molecule has 1 atom stereocenters. The van der Waals surface area contributed by atoms with Crippen molar-refractivity contribution in [3.8, 4) is 0 Å². The highest BCUT2D eigenvalue weighted by Crippen LogP contribution is 2.25. The van der Waals surface area contributed by atoms with Gasteiger partial charge in [-0.05, 0) is 12.5 Å². The van der Waals surface area contributed by atoms with Crippen LogP contribution in [-0.2, 0) is 0 Å². The van der Waals surface area contributed by atoms with Gasteiger partial charge in [-0.15, -0.1) is 0 Å². The Bertz CT molecular complexity index is 501. The molecule has 5 heteroatoms. The zero-order valence-electron chi connectivity index (χ0n) is 9.39. The number of hydrogen-bond acceptors (Lipinski definition) is 4. The number of nitrogens with one attached hydrogen (secondary N) is 1. The predicted octanol–water partition coefficient (Wildman–Crippen LogP) is 2.89. The first-order chi connectivity index (χ1) is 8.18. The van der Waals surface area contributed by atoms with Gasteiger partial charge in [0.1, 0.15) is 12.0 Å². The van der Waals surface area contributed by atoms with Crippen molar-refractivity contribution in [1.82, 2.24) is 9.97 Å². The van der Waals surface area contributed by atoms with Crippen LogP contribution in [0.3, 0.4) is 0 Å². The first-order valence-corrected chi connectivity index (χ1v) is 5.63. The molecule has 0 saturated heterocycles. The van der Waals surface area contributed by atoms with Crippen molar-refractivity contribution in [1.29, 1.82) is 0 Å². The molecule has 1 aromatic heterocycles. The lowest BCUT2D eigenvalue weighted by molar-refractivity contribution is 0.873. The predicted molar refractivity (Wildman–Crippen MR) is 69.9 cm³/mol. The minimum atomic E-state index is 0.101. The molecule has 0 bridgehead atoms. The third-order valence-corrected chi connectivity index (χ3v) is 2.79. The molecular weight excluding hydrogens is 236 g/mol. The second-order valence-electron chi connectivity index (χ2n) is 3.70. The largest absolute Gasteiger partial charge is 0.393 e. The van der Waals surface area contributed by atoms with E-state index < -0.39 is 0 Å². The molecule has 0 saturated carbocycles. The maximum atomic E-state index is 5.83. The third kappa shape index (κ3) is 2.65. The van der Waals surface area contributed by atoms with Crippen LogP contribution in [0.5, 0.6) is 0 Å². The molecule has 0 spiro atoms. The van der Waals surface area contributed by atoms with E-state index in [0.29, 0.717) is 11.5 Å². The fourth-order valence-corrected chi connectivity index (χ4v) is 1.65. The van der Waals surface area contributed by atoms with Gasteiger partial charge in [0.15, 0.2) is 11.0 Å². The Morgan fingerprint density at radius 2 is 1.94 bits per heavy atom. The zero-order valence-corrected chi connectivity index (χ0v) is 10.1. The number of hydrogen-bond donors (Lipinski definition) is 2. The van der Waals surface area contributed by atoms with Crippen LogP contribution in [0.4, 0.5) is 11.5 Å². The standard InChI is InChI=1S/C12H13ClN4/c1-8(9-5-3-2-4-6-9)17-12-10(14)11(13)15-7-16-12/h2-8H,14H2,1H3,(H,15,16,17)/t8-/m1/s1. The smallest absolute Gasteiger partial charge is 0.157 e. The normalized spacial score (nSPS) is 12.1. The molecule has 0 aliphatic rings. The summed E-state index contributed by atoms with van der Waals surface area (Å²) < 4.78 is 0. The monoisotopic (exact) mass is 248 g/mol. The average molecular weight is 249 g/mol. The van der Waals surface area contributed by atoms with E-state index in [0.717, 1.165) is 5.56 Å². The van der Waals surface area contributed by atoms with E-state index in [1.54, 1.807) is 0 Å². The van der Waals surface area contributed by atoms with E-state index in [1.165, 1.54) is 6.33 Å². The molecule has 4 nitrogen and oxygen atoms in total. The molecular formula is C12H13ClN4. The van der Waals surface area contributed by atoms with Gasteiger partial charge in [-0.3, -0.25) is 0 Å². The van der Waals surface area contributed by atoms with Crippen molar-refractivity contribution in [2.24, 2.45) is 0 Å². The maximum absolute atomic E-state index is 5.83. The molecule has 0 aliphatic heterocycles. The van der Waals surface area contributed by atoms with Gasteiger partial charge in [-0.2, -0.15) is 0 Å². The number of nitrogens with zero attached hydrogens (tertiary/aromatic N) is 2. The van der Waals surface area contributed by atoms with Crippen LogP contribution >= 0.6 is 11.6 Å². The van der Waals surface area contributed by atoms with Crippen molar-refractivity contribution in [3.63, 3.8) is 0 Å². The number of anilines is 2. The van der Waals surface area contributed by atoms with Gasteiger partial charge in [0, 0.05) is 0 Å². The van der Waals surface area contributed by atoms with Gasteiger partial charge in [0.25, 0.3) is 0 Å². The Hall–Kier alpha value is -1.81. The summed E-state index contributed by atoms with van der Waals surface area (Å²) in [6, 6.07) is 10.1. The highest BCUT2D eigenvalue weighted by Gasteiger charge is 2.10. The van der Waals surface area contributed by atoms with E-state index in [1.807, 2.05) is 37.3 Å². The molecule has 3 N–H and O–H groups in total. The van der Waals surface area contributed by atoms with Crippen LogP contribution in [0.1, 0.15) is 18.5 Å². The number of nitrogens with two attached hydrogens (primary N) is 1. The van der Waals surface area contributed by atoms with Crippen LogP contribution in [0.25, 0.3) is 0 Å². The SMILES string of the molecule is C[C@@H](Nc1ncnc(Cl)c1N)c1ccccc1. The number of halogens is 1. The quantitative estimate of drug-likeness (QED) is 0.820. The molecule has 2 aromatic rings. The fraction of sp³-hybridized carbons (Fsp3) is 0.167. The first kappa shape index (κ1) is 11.7. The van der Waals surface area contributed by atoms with Gasteiger partial charge in [0.2, 0.25) is 0 Å². The second kappa shape index (κ2) is 5.01. The van der Waals surface area contributed by atoms with Crippen LogP contribution in [0, 0.1) is 0 Å². The summed E-state index contributed by atoms with van der Waals surface area (Å²) in [5.74, 6) is 0.557. The van der Waals surface area contributed by atoms with E-state index >= 15 is 0 Å². The third-order valence-electron chi connectivity index (χ3n) is 2.49. The summed E-state index contributed by atoms with van der Waals surface area (Å²) in [5.41, 5.74) is 7.32. The van der Waals surface area contributed by atoms with E-state index in [9.17, 15) is 0 Å². The maximum Gasteiger partial charge on any atom is 0.157 e. The van der Waals surface area contributed by atoms with Crippen LogP contribution < -0.4 is 11.1 Å². The Morgan fingerprint density at radius 1 is 1.24 bits per heavy atom. The van der Waals surface area contributed by atoms with Crippen molar-refractivity contribution in [2.75, 3.05) is 11.1 Å². The van der Waals surface area contributed by atoms with E-state index in [2.05, 4.69) is 15.3 Å². The van der Waals surface area contributed by atoms with Gasteiger partial charge in [-0.25, -0.2) is 9.97 Å². The Labute approximate surface area is 105 Å². The van der Waals surface area contributed by atoms with E-state index in [4.69, 9.17) is 17.3 Å². The van der Waals surface area contributed by atoms with Gasteiger partial charge < -0.3 is 11.1 Å². The minimum absolute atomic E-state index is 0.101. The van der Waals surface area contributed by atoms with E-state index in [-0.39, 0.29) is 11.2 Å². The highest BCUT2D eigenvalue weighted by molar-refractivity contribution is 6.32. The van der Waals surface area contributed by atoms with Crippen LogP contribution in [-0.4, -0.2) is 9.97 Å². The molecule has 17 heavy (non-hydrogen) atoms. The lowest BCUT2D eigenvalue weighted by atomic mass is 10.1. The van der Waals surface area contributed by atoms with Crippen molar-refractivity contribution < 1.29 is 0 Å². The fourth-order valence-electron chi connectivity index (χ4n) is 1.52. The highest BCUT2D eigenvalue weighted by atomic mass is 35.5. The molecule has 88 valence electrons. The Balaban J connectivity index is 2.19.